The highest BCUT2D eigenvalue weighted by molar-refractivity contribution is 7.89. The molecule has 0 aromatic heterocycles. The predicted octanol–water partition coefficient (Wildman–Crippen LogP) is 2.29. The molecule has 5 nitrogen and oxygen atoms in total. The molecule has 0 unspecified atom stereocenters. The number of carbonyl (C=O) groups excluding carboxylic acids is 1. The average molecular weight is 352 g/mol. The summed E-state index contributed by atoms with van der Waals surface area (Å²) >= 11 is 0. The molecule has 0 atom stereocenters. The van der Waals surface area contributed by atoms with Crippen LogP contribution in [-0.2, 0) is 21.0 Å². The van der Waals surface area contributed by atoms with Gasteiger partial charge in [-0.25, -0.2) is 13.1 Å². The van der Waals surface area contributed by atoms with Crippen LogP contribution >= 0.6 is 0 Å². The zero-order valence-electron chi connectivity index (χ0n) is 13.0. The minimum absolute atomic E-state index is 0.124. The summed E-state index contributed by atoms with van der Waals surface area (Å²) in [5.41, 5.74) is -1.84. The van der Waals surface area contributed by atoms with Crippen LogP contribution in [-0.4, -0.2) is 26.9 Å². The third-order valence-electron chi connectivity index (χ3n) is 3.16. The van der Waals surface area contributed by atoms with E-state index in [0.717, 1.165) is 12.1 Å². The van der Waals surface area contributed by atoms with Crippen LogP contribution in [0.4, 0.5) is 13.2 Å². The van der Waals surface area contributed by atoms with Crippen LogP contribution in [0.1, 0.15) is 32.3 Å². The van der Waals surface area contributed by atoms with E-state index in [9.17, 15) is 26.4 Å². The SMILES string of the molecule is CNC(=O)CCC(C)(C)NS(=O)(=O)c1ccc(C(F)(F)F)cc1. The fourth-order valence-electron chi connectivity index (χ4n) is 1.85. The third kappa shape index (κ3) is 5.83. The molecule has 0 spiro atoms. The molecule has 0 fully saturated rings. The Hall–Kier alpha value is -1.61. The second-order valence-corrected chi connectivity index (χ2v) is 7.37. The summed E-state index contributed by atoms with van der Waals surface area (Å²) in [6.07, 6.45) is -4.16. The molecule has 1 aromatic carbocycles. The van der Waals surface area contributed by atoms with Crippen molar-refractivity contribution in [3.63, 3.8) is 0 Å². The van der Waals surface area contributed by atoms with Gasteiger partial charge in [0.05, 0.1) is 10.5 Å². The molecule has 0 aliphatic rings. The molecule has 0 aliphatic carbocycles. The number of carbonyl (C=O) groups is 1. The fraction of sp³-hybridized carbons (Fsp3) is 0.500. The molecular weight excluding hydrogens is 333 g/mol. The van der Waals surface area contributed by atoms with E-state index in [2.05, 4.69) is 10.0 Å². The Bertz CT molecular complexity index is 653. The molecule has 23 heavy (non-hydrogen) atoms. The molecule has 2 N–H and O–H groups in total. The zero-order chi connectivity index (χ0) is 17.9. The number of nitrogens with one attached hydrogen (secondary N) is 2. The fourth-order valence-corrected chi connectivity index (χ4v) is 3.29. The van der Waals surface area contributed by atoms with Crippen LogP contribution in [0.15, 0.2) is 29.2 Å². The van der Waals surface area contributed by atoms with E-state index in [4.69, 9.17) is 0 Å². The number of hydrogen-bond donors (Lipinski definition) is 2. The Morgan fingerprint density at radius 2 is 1.65 bits per heavy atom. The maximum Gasteiger partial charge on any atom is 0.416 e. The third-order valence-corrected chi connectivity index (χ3v) is 4.87. The second-order valence-electron chi connectivity index (χ2n) is 5.68. The van der Waals surface area contributed by atoms with Crippen molar-refractivity contribution < 1.29 is 26.4 Å². The molecule has 9 heteroatoms. The van der Waals surface area contributed by atoms with Crippen LogP contribution in [0.5, 0.6) is 0 Å². The number of alkyl halides is 3. The van der Waals surface area contributed by atoms with Crippen LogP contribution in [0, 0.1) is 0 Å². The number of rotatable bonds is 6. The van der Waals surface area contributed by atoms with E-state index in [1.807, 2.05) is 0 Å². The topological polar surface area (TPSA) is 75.3 Å². The molecule has 0 saturated heterocycles. The number of benzene rings is 1. The number of amides is 1. The van der Waals surface area contributed by atoms with Crippen molar-refractivity contribution >= 4 is 15.9 Å². The van der Waals surface area contributed by atoms with E-state index in [1.54, 1.807) is 13.8 Å². The van der Waals surface area contributed by atoms with Gasteiger partial charge in [-0.15, -0.1) is 0 Å². The lowest BCUT2D eigenvalue weighted by molar-refractivity contribution is -0.137. The van der Waals surface area contributed by atoms with E-state index in [0.29, 0.717) is 12.1 Å². The molecule has 1 aromatic rings. The molecule has 0 saturated carbocycles. The van der Waals surface area contributed by atoms with E-state index in [1.165, 1.54) is 7.05 Å². The lowest BCUT2D eigenvalue weighted by Gasteiger charge is -2.25. The van der Waals surface area contributed by atoms with Crippen LogP contribution in [0.2, 0.25) is 0 Å². The summed E-state index contributed by atoms with van der Waals surface area (Å²) in [6, 6.07) is 3.23. The number of hydrogen-bond acceptors (Lipinski definition) is 3. The van der Waals surface area contributed by atoms with Crippen molar-refractivity contribution in [2.75, 3.05) is 7.05 Å². The Balaban J connectivity index is 2.88. The van der Waals surface area contributed by atoms with Gasteiger partial charge in [-0.2, -0.15) is 13.2 Å². The standard InChI is InChI=1S/C14H19F3N2O3S/c1-13(2,9-8-12(20)18-3)19-23(21,22)11-6-4-10(5-7-11)14(15,16)17/h4-7,19H,8-9H2,1-3H3,(H,18,20). The van der Waals surface area contributed by atoms with Crippen molar-refractivity contribution in [3.05, 3.63) is 29.8 Å². The van der Waals surface area contributed by atoms with Crippen molar-refractivity contribution in [1.82, 2.24) is 10.0 Å². The summed E-state index contributed by atoms with van der Waals surface area (Å²) in [7, 11) is -2.51. The first-order valence-electron chi connectivity index (χ1n) is 6.79. The van der Waals surface area contributed by atoms with Crippen molar-refractivity contribution in [2.45, 2.75) is 43.3 Å². The number of halogens is 3. The Morgan fingerprint density at radius 3 is 2.09 bits per heavy atom. The van der Waals surface area contributed by atoms with Gasteiger partial charge in [0.1, 0.15) is 0 Å². The highest BCUT2D eigenvalue weighted by atomic mass is 32.2. The summed E-state index contributed by atoms with van der Waals surface area (Å²) in [6.45, 7) is 3.19. The minimum atomic E-state index is -4.53. The number of sulfonamides is 1. The molecule has 1 amide bonds. The largest absolute Gasteiger partial charge is 0.416 e. The van der Waals surface area contributed by atoms with Crippen molar-refractivity contribution in [3.8, 4) is 0 Å². The average Bonchev–Trinajstić information content (AvgIpc) is 2.43. The Morgan fingerprint density at radius 1 is 1.13 bits per heavy atom. The predicted molar refractivity (Wildman–Crippen MR) is 79.1 cm³/mol. The Labute approximate surface area is 133 Å². The summed E-state index contributed by atoms with van der Waals surface area (Å²) < 4.78 is 64.3. The van der Waals surface area contributed by atoms with Crippen LogP contribution < -0.4 is 10.0 Å². The summed E-state index contributed by atoms with van der Waals surface area (Å²) in [4.78, 5) is 11.0. The van der Waals surface area contributed by atoms with Gasteiger partial charge in [-0.1, -0.05) is 0 Å². The van der Waals surface area contributed by atoms with Gasteiger partial charge in [0, 0.05) is 19.0 Å². The second kappa shape index (κ2) is 6.88. The smallest absolute Gasteiger partial charge is 0.359 e. The van der Waals surface area contributed by atoms with Gasteiger partial charge in [0.2, 0.25) is 15.9 Å². The van der Waals surface area contributed by atoms with E-state index >= 15 is 0 Å². The lowest BCUT2D eigenvalue weighted by atomic mass is 10.00. The van der Waals surface area contributed by atoms with Crippen LogP contribution in [0.3, 0.4) is 0 Å². The van der Waals surface area contributed by atoms with Gasteiger partial charge in [0.15, 0.2) is 0 Å². The first-order valence-corrected chi connectivity index (χ1v) is 8.27. The van der Waals surface area contributed by atoms with E-state index in [-0.39, 0.29) is 23.6 Å². The van der Waals surface area contributed by atoms with Gasteiger partial charge in [-0.05, 0) is 44.5 Å². The molecule has 0 radical (unpaired) electrons. The zero-order valence-corrected chi connectivity index (χ0v) is 13.8. The maximum absolute atomic E-state index is 12.5. The molecular formula is C14H19F3N2O3S. The minimum Gasteiger partial charge on any atom is -0.359 e. The van der Waals surface area contributed by atoms with E-state index < -0.39 is 27.3 Å². The normalized spacial score (nSPS) is 13.0. The maximum atomic E-state index is 12.5. The molecule has 0 bridgehead atoms. The molecule has 0 heterocycles. The van der Waals surface area contributed by atoms with Gasteiger partial charge in [-0.3, -0.25) is 4.79 Å². The molecule has 130 valence electrons. The highest BCUT2D eigenvalue weighted by Gasteiger charge is 2.31. The molecule has 1 rings (SSSR count). The van der Waals surface area contributed by atoms with Crippen molar-refractivity contribution in [1.29, 1.82) is 0 Å². The van der Waals surface area contributed by atoms with Gasteiger partial charge in [0.25, 0.3) is 0 Å². The van der Waals surface area contributed by atoms with Gasteiger partial charge >= 0.3 is 6.18 Å². The first kappa shape index (κ1) is 19.4. The monoisotopic (exact) mass is 352 g/mol. The highest BCUT2D eigenvalue weighted by Crippen LogP contribution is 2.30. The van der Waals surface area contributed by atoms with Crippen molar-refractivity contribution in [2.24, 2.45) is 0 Å². The van der Waals surface area contributed by atoms with Gasteiger partial charge < -0.3 is 5.32 Å². The lowest BCUT2D eigenvalue weighted by Crippen LogP contribution is -2.44. The molecule has 0 aliphatic heterocycles. The summed E-state index contributed by atoms with van der Waals surface area (Å²) in [5.74, 6) is -0.230. The van der Waals surface area contributed by atoms with Crippen LogP contribution in [0.25, 0.3) is 0 Å². The summed E-state index contributed by atoms with van der Waals surface area (Å²) in [5, 5.41) is 2.43. The quantitative estimate of drug-likeness (QED) is 0.825. The first-order chi connectivity index (χ1) is 10.4. The Kier molecular flexibility index (Phi) is 5.81.